The Kier molecular flexibility index (Phi) is 6.61. The Bertz CT molecular complexity index is 1300. The number of rotatable bonds is 9. The Labute approximate surface area is 189 Å². The van der Waals surface area contributed by atoms with Gasteiger partial charge in [-0.3, -0.25) is 4.79 Å². The lowest BCUT2D eigenvalue weighted by molar-refractivity contribution is -0.111. The van der Waals surface area contributed by atoms with Gasteiger partial charge in [-0.25, -0.2) is 14.4 Å². The van der Waals surface area contributed by atoms with Crippen LogP contribution in [0.2, 0.25) is 0 Å². The molecule has 2 aromatic carbocycles. The standard InChI is InChI=1S/C24H21FN4O4/c1-3-21(30)28-16-5-4-6-17(12-16)33-22-14-27-24-23(29-22)18(13-26-24)15-7-8-20(19(25)11-15)32-10-9-31-2/h3-8,11-14H,1,9-10H2,2H3,(H,26,27)(H,28,30). The smallest absolute Gasteiger partial charge is 0.247 e. The second kappa shape index (κ2) is 9.92. The molecular formula is C24H21FN4O4. The van der Waals surface area contributed by atoms with E-state index < -0.39 is 5.82 Å². The van der Waals surface area contributed by atoms with Crippen LogP contribution < -0.4 is 14.8 Å². The molecule has 33 heavy (non-hydrogen) atoms. The van der Waals surface area contributed by atoms with Gasteiger partial charge in [0, 0.05) is 30.6 Å². The van der Waals surface area contributed by atoms with Crippen LogP contribution in [-0.4, -0.2) is 41.2 Å². The summed E-state index contributed by atoms with van der Waals surface area (Å²) in [5, 5.41) is 2.67. The molecule has 0 aliphatic carbocycles. The number of nitrogens with one attached hydrogen (secondary N) is 2. The number of ether oxygens (including phenoxy) is 3. The van der Waals surface area contributed by atoms with Crippen LogP contribution in [0.15, 0.2) is 67.5 Å². The van der Waals surface area contributed by atoms with Crippen molar-refractivity contribution < 1.29 is 23.4 Å². The molecule has 0 bridgehead atoms. The molecule has 1 amide bonds. The van der Waals surface area contributed by atoms with Crippen LogP contribution in [0, 0.1) is 5.82 Å². The zero-order valence-corrected chi connectivity index (χ0v) is 17.8. The van der Waals surface area contributed by atoms with Gasteiger partial charge in [0.2, 0.25) is 11.8 Å². The fourth-order valence-corrected chi connectivity index (χ4v) is 3.12. The number of amides is 1. The van der Waals surface area contributed by atoms with Gasteiger partial charge in [0.1, 0.15) is 17.9 Å². The molecule has 8 nitrogen and oxygen atoms in total. The second-order valence-electron chi connectivity index (χ2n) is 6.92. The molecule has 2 aromatic heterocycles. The lowest BCUT2D eigenvalue weighted by atomic mass is 10.1. The molecule has 0 radical (unpaired) electrons. The van der Waals surface area contributed by atoms with Crippen LogP contribution in [0.1, 0.15) is 0 Å². The van der Waals surface area contributed by atoms with E-state index in [-0.39, 0.29) is 24.1 Å². The van der Waals surface area contributed by atoms with Crippen LogP contribution in [0.3, 0.4) is 0 Å². The van der Waals surface area contributed by atoms with Crippen molar-refractivity contribution in [3.8, 4) is 28.5 Å². The zero-order chi connectivity index (χ0) is 23.2. The van der Waals surface area contributed by atoms with Gasteiger partial charge in [-0.2, -0.15) is 0 Å². The van der Waals surface area contributed by atoms with Crippen molar-refractivity contribution in [2.24, 2.45) is 0 Å². The van der Waals surface area contributed by atoms with E-state index in [1.807, 2.05) is 0 Å². The fraction of sp³-hybridized carbons (Fsp3) is 0.125. The molecule has 2 heterocycles. The lowest BCUT2D eigenvalue weighted by Crippen LogP contribution is -2.07. The second-order valence-corrected chi connectivity index (χ2v) is 6.92. The molecule has 0 aliphatic rings. The highest BCUT2D eigenvalue weighted by Crippen LogP contribution is 2.31. The van der Waals surface area contributed by atoms with E-state index in [0.29, 0.717) is 40.3 Å². The number of hydrogen-bond acceptors (Lipinski definition) is 6. The fourth-order valence-electron chi connectivity index (χ4n) is 3.12. The predicted molar refractivity (Wildman–Crippen MR) is 122 cm³/mol. The molecule has 4 aromatic rings. The van der Waals surface area contributed by atoms with Crippen LogP contribution in [0.25, 0.3) is 22.3 Å². The van der Waals surface area contributed by atoms with Gasteiger partial charge >= 0.3 is 0 Å². The van der Waals surface area contributed by atoms with Crippen LogP contribution in [-0.2, 0) is 9.53 Å². The zero-order valence-electron chi connectivity index (χ0n) is 17.8. The van der Waals surface area contributed by atoms with Crippen molar-refractivity contribution in [1.82, 2.24) is 15.0 Å². The first kappa shape index (κ1) is 22.0. The van der Waals surface area contributed by atoms with Crippen molar-refractivity contribution in [3.05, 3.63) is 73.3 Å². The van der Waals surface area contributed by atoms with E-state index >= 15 is 0 Å². The molecule has 2 N–H and O–H groups in total. The van der Waals surface area contributed by atoms with E-state index in [4.69, 9.17) is 14.2 Å². The average Bonchev–Trinajstić information content (AvgIpc) is 3.23. The maximum atomic E-state index is 14.5. The maximum absolute atomic E-state index is 14.5. The number of nitrogens with zero attached hydrogens (tertiary/aromatic N) is 2. The molecule has 0 aliphatic heterocycles. The summed E-state index contributed by atoms with van der Waals surface area (Å²) in [7, 11) is 1.55. The molecule has 0 fully saturated rings. The number of benzene rings is 2. The summed E-state index contributed by atoms with van der Waals surface area (Å²) in [5.41, 5.74) is 2.88. The molecule has 9 heteroatoms. The summed E-state index contributed by atoms with van der Waals surface area (Å²) in [4.78, 5) is 23.4. The summed E-state index contributed by atoms with van der Waals surface area (Å²) in [5.74, 6) is 0.0419. The third kappa shape index (κ3) is 5.16. The number of H-pyrrole nitrogens is 1. The van der Waals surface area contributed by atoms with Gasteiger partial charge in [0.05, 0.1) is 12.8 Å². The number of anilines is 1. The Morgan fingerprint density at radius 2 is 2.12 bits per heavy atom. The van der Waals surface area contributed by atoms with Gasteiger partial charge in [-0.15, -0.1) is 0 Å². The van der Waals surface area contributed by atoms with Crippen molar-refractivity contribution in [2.75, 3.05) is 25.6 Å². The van der Waals surface area contributed by atoms with Gasteiger partial charge < -0.3 is 24.5 Å². The quantitative estimate of drug-likeness (QED) is 0.284. The average molecular weight is 448 g/mol. The van der Waals surface area contributed by atoms with Gasteiger partial charge in [-0.1, -0.05) is 18.7 Å². The predicted octanol–water partition coefficient (Wildman–Crippen LogP) is 4.71. The van der Waals surface area contributed by atoms with Gasteiger partial charge in [0.15, 0.2) is 17.2 Å². The molecule has 0 unspecified atom stereocenters. The van der Waals surface area contributed by atoms with Crippen molar-refractivity contribution in [1.29, 1.82) is 0 Å². The summed E-state index contributed by atoms with van der Waals surface area (Å²) in [6.45, 7) is 4.05. The molecule has 168 valence electrons. The minimum Gasteiger partial charge on any atom is -0.488 e. The summed E-state index contributed by atoms with van der Waals surface area (Å²) in [6, 6.07) is 11.5. The Morgan fingerprint density at radius 3 is 2.91 bits per heavy atom. The first-order chi connectivity index (χ1) is 16.1. The molecule has 4 rings (SSSR count). The number of hydrogen-bond donors (Lipinski definition) is 2. The SMILES string of the molecule is C=CC(=O)Nc1cccc(Oc2cnc3[nH]cc(-c4ccc(OCCOC)c(F)c4)c3n2)c1. The summed E-state index contributed by atoms with van der Waals surface area (Å²) < 4.78 is 30.6. The third-order valence-corrected chi connectivity index (χ3v) is 4.66. The molecule has 0 atom stereocenters. The highest BCUT2D eigenvalue weighted by molar-refractivity contribution is 5.99. The number of carbonyl (C=O) groups excluding carboxylic acids is 1. The molecule has 0 saturated heterocycles. The Morgan fingerprint density at radius 1 is 1.24 bits per heavy atom. The monoisotopic (exact) mass is 448 g/mol. The number of fused-ring (bicyclic) bond motifs is 1. The van der Waals surface area contributed by atoms with Crippen LogP contribution in [0.4, 0.5) is 10.1 Å². The number of aromatic amines is 1. The number of methoxy groups -OCH3 is 1. The van der Waals surface area contributed by atoms with Crippen LogP contribution in [0.5, 0.6) is 17.4 Å². The van der Waals surface area contributed by atoms with E-state index in [1.54, 1.807) is 49.7 Å². The number of carbonyl (C=O) groups is 1. The van der Waals surface area contributed by atoms with E-state index in [0.717, 1.165) is 0 Å². The Hall–Kier alpha value is -4.24. The van der Waals surface area contributed by atoms with E-state index in [2.05, 4.69) is 26.8 Å². The molecule has 0 spiro atoms. The molecular weight excluding hydrogens is 427 g/mol. The third-order valence-electron chi connectivity index (χ3n) is 4.66. The number of halogens is 1. The first-order valence-electron chi connectivity index (χ1n) is 10.0. The highest BCUT2D eigenvalue weighted by atomic mass is 19.1. The van der Waals surface area contributed by atoms with Crippen molar-refractivity contribution in [2.45, 2.75) is 0 Å². The van der Waals surface area contributed by atoms with Crippen molar-refractivity contribution in [3.63, 3.8) is 0 Å². The van der Waals surface area contributed by atoms with Crippen molar-refractivity contribution >= 4 is 22.8 Å². The number of aromatic nitrogens is 3. The Balaban J connectivity index is 1.58. The van der Waals surface area contributed by atoms with Gasteiger partial charge in [0.25, 0.3) is 0 Å². The van der Waals surface area contributed by atoms with Gasteiger partial charge in [-0.05, 0) is 35.9 Å². The topological polar surface area (TPSA) is 98.4 Å². The minimum atomic E-state index is -0.489. The minimum absolute atomic E-state index is 0.147. The van der Waals surface area contributed by atoms with E-state index in [1.165, 1.54) is 18.3 Å². The maximum Gasteiger partial charge on any atom is 0.247 e. The summed E-state index contributed by atoms with van der Waals surface area (Å²) >= 11 is 0. The van der Waals surface area contributed by atoms with E-state index in [9.17, 15) is 9.18 Å². The summed E-state index contributed by atoms with van der Waals surface area (Å²) in [6.07, 6.45) is 4.37. The largest absolute Gasteiger partial charge is 0.488 e. The molecule has 0 saturated carbocycles. The highest BCUT2D eigenvalue weighted by Gasteiger charge is 2.13. The lowest BCUT2D eigenvalue weighted by Gasteiger charge is -2.09. The normalized spacial score (nSPS) is 10.7. The van der Waals surface area contributed by atoms with Crippen LogP contribution >= 0.6 is 0 Å². The first-order valence-corrected chi connectivity index (χ1v) is 10.0.